The summed E-state index contributed by atoms with van der Waals surface area (Å²) in [5, 5.41) is 9.58. The molecule has 0 atom stereocenters. The summed E-state index contributed by atoms with van der Waals surface area (Å²) < 4.78 is 0. The van der Waals surface area contributed by atoms with Crippen LogP contribution in [0.3, 0.4) is 0 Å². The average molecular weight is 947 g/mol. The lowest BCUT2D eigenvalue weighted by molar-refractivity contribution is 1.25. The van der Waals surface area contributed by atoms with E-state index in [-0.39, 0.29) is 0 Å². The lowest BCUT2D eigenvalue weighted by Crippen LogP contribution is -2.14. The monoisotopic (exact) mass is 946 g/mol. The van der Waals surface area contributed by atoms with Crippen LogP contribution in [-0.2, 0) is 0 Å². The molecule has 0 unspecified atom stereocenters. The number of anilines is 12. The van der Waals surface area contributed by atoms with Gasteiger partial charge in [-0.05, 0) is 166 Å². The van der Waals surface area contributed by atoms with Crippen LogP contribution < -0.4 is 19.6 Å². The molecule has 0 amide bonds. The summed E-state index contributed by atoms with van der Waals surface area (Å²) in [7, 11) is 0. The minimum Gasteiger partial charge on any atom is -0.310 e. The van der Waals surface area contributed by atoms with Crippen LogP contribution >= 0.6 is 0 Å². The van der Waals surface area contributed by atoms with E-state index in [0.717, 1.165) is 68.2 Å². The molecule has 0 radical (unpaired) electrons. The molecule has 0 heterocycles. The van der Waals surface area contributed by atoms with Gasteiger partial charge in [0.25, 0.3) is 0 Å². The van der Waals surface area contributed by atoms with Gasteiger partial charge in [0.2, 0.25) is 0 Å². The zero-order chi connectivity index (χ0) is 49.2. The van der Waals surface area contributed by atoms with Crippen LogP contribution in [-0.4, -0.2) is 0 Å². The van der Waals surface area contributed by atoms with E-state index in [1.54, 1.807) is 0 Å². The molecule has 4 heteroatoms. The molecule has 13 aromatic carbocycles. The number of benzene rings is 13. The Morgan fingerprint density at radius 3 is 0.770 bits per heavy atom. The van der Waals surface area contributed by atoms with Gasteiger partial charge in [0.05, 0.1) is 11.4 Å². The van der Waals surface area contributed by atoms with Crippen molar-refractivity contribution in [1.29, 1.82) is 0 Å². The maximum atomic E-state index is 2.39. The third-order valence-electron chi connectivity index (χ3n) is 14.1. The van der Waals surface area contributed by atoms with E-state index in [1.165, 1.54) is 43.1 Å². The van der Waals surface area contributed by atoms with Crippen molar-refractivity contribution in [3.8, 4) is 0 Å². The molecule has 4 nitrogen and oxygen atoms in total. The van der Waals surface area contributed by atoms with Gasteiger partial charge >= 0.3 is 0 Å². The predicted molar refractivity (Wildman–Crippen MR) is 315 cm³/mol. The molecule has 0 aliphatic rings. The van der Waals surface area contributed by atoms with Crippen molar-refractivity contribution in [3.05, 3.63) is 303 Å². The second-order valence-electron chi connectivity index (χ2n) is 18.6. The largest absolute Gasteiger partial charge is 0.310 e. The molecule has 74 heavy (non-hydrogen) atoms. The molecule has 13 aromatic rings. The molecular formula is C70H50N4. The topological polar surface area (TPSA) is 13.0 Å². The van der Waals surface area contributed by atoms with E-state index in [2.05, 4.69) is 323 Å². The van der Waals surface area contributed by atoms with Crippen molar-refractivity contribution in [2.45, 2.75) is 0 Å². The van der Waals surface area contributed by atoms with Gasteiger partial charge in [0.15, 0.2) is 0 Å². The maximum Gasteiger partial charge on any atom is 0.0540 e. The van der Waals surface area contributed by atoms with Crippen molar-refractivity contribution in [2.24, 2.45) is 0 Å². The zero-order valence-corrected chi connectivity index (χ0v) is 40.7. The van der Waals surface area contributed by atoms with Crippen LogP contribution in [0.4, 0.5) is 68.2 Å². The van der Waals surface area contributed by atoms with Crippen molar-refractivity contribution in [1.82, 2.24) is 0 Å². The Labute approximate surface area is 432 Å². The van der Waals surface area contributed by atoms with Gasteiger partial charge in [0.1, 0.15) is 0 Å². The number of hydrogen-bond acceptors (Lipinski definition) is 4. The Hall–Kier alpha value is -9.90. The number of hydrogen-bond donors (Lipinski definition) is 0. The molecule has 0 saturated heterocycles. The Bertz CT molecular complexity index is 3800. The van der Waals surface area contributed by atoms with Crippen LogP contribution in [0.5, 0.6) is 0 Å². The molecular weight excluding hydrogens is 897 g/mol. The normalized spacial score (nSPS) is 11.2. The second kappa shape index (κ2) is 19.4. The first kappa shape index (κ1) is 44.1. The smallest absolute Gasteiger partial charge is 0.0540 e. The molecule has 0 aliphatic heterocycles. The quantitative estimate of drug-likeness (QED) is 0.121. The first-order valence-electron chi connectivity index (χ1n) is 25.2. The number of para-hydroxylation sites is 2. The van der Waals surface area contributed by atoms with E-state index >= 15 is 0 Å². The van der Waals surface area contributed by atoms with E-state index < -0.39 is 0 Å². The molecule has 0 saturated carbocycles. The highest BCUT2D eigenvalue weighted by Crippen LogP contribution is 2.45. The van der Waals surface area contributed by atoms with Crippen LogP contribution in [0.15, 0.2) is 303 Å². The van der Waals surface area contributed by atoms with Crippen LogP contribution in [0.2, 0.25) is 0 Å². The number of rotatable bonds is 12. The molecule has 0 N–H and O–H groups in total. The minimum absolute atomic E-state index is 1.05. The summed E-state index contributed by atoms with van der Waals surface area (Å²) in [5.74, 6) is 0. The van der Waals surface area contributed by atoms with Gasteiger partial charge in [-0.2, -0.15) is 0 Å². The zero-order valence-electron chi connectivity index (χ0n) is 40.7. The van der Waals surface area contributed by atoms with E-state index in [0.29, 0.717) is 0 Å². The highest BCUT2D eigenvalue weighted by molar-refractivity contribution is 6.01. The lowest BCUT2D eigenvalue weighted by atomic mass is 10.0. The van der Waals surface area contributed by atoms with E-state index in [4.69, 9.17) is 0 Å². The van der Waals surface area contributed by atoms with Crippen LogP contribution in [0.1, 0.15) is 0 Å². The van der Waals surface area contributed by atoms with Crippen molar-refractivity contribution >= 4 is 111 Å². The highest BCUT2D eigenvalue weighted by atomic mass is 15.2. The Balaban J connectivity index is 0.911. The summed E-state index contributed by atoms with van der Waals surface area (Å²) in [6.45, 7) is 0. The van der Waals surface area contributed by atoms with Gasteiger partial charge in [-0.3, -0.25) is 0 Å². The molecule has 13 rings (SSSR count). The third-order valence-corrected chi connectivity index (χ3v) is 14.1. The Morgan fingerprint density at radius 1 is 0.149 bits per heavy atom. The average Bonchev–Trinajstić information content (AvgIpc) is 3.47. The van der Waals surface area contributed by atoms with Crippen molar-refractivity contribution < 1.29 is 0 Å². The van der Waals surface area contributed by atoms with Gasteiger partial charge in [-0.25, -0.2) is 0 Å². The number of nitrogens with zero attached hydrogens (tertiary/aromatic N) is 4. The first-order valence-corrected chi connectivity index (χ1v) is 25.2. The van der Waals surface area contributed by atoms with Crippen LogP contribution in [0.25, 0.3) is 43.1 Å². The summed E-state index contributed by atoms with van der Waals surface area (Å²) >= 11 is 0. The fourth-order valence-electron chi connectivity index (χ4n) is 10.6. The maximum absolute atomic E-state index is 2.39. The standard InChI is InChI=1S/C70H50N4/c1-3-25-57(26-4-1)71(65-35-33-51-17-7-9-21-55(51)49-65)59-37-41-61(42-38-59)73(69-31-15-23-53-19-11-13-29-67(53)69)63-45-47-64(48-46-63)74(70-32-16-24-54-20-12-14-30-68(54)70)62-43-39-60(40-44-62)72(58-27-5-2-6-28-58)66-36-34-52-18-8-10-22-56(52)50-66/h1-50H. The fraction of sp³-hybridized carbons (Fsp3) is 0. The molecule has 350 valence electrons. The SMILES string of the molecule is c1ccc(N(c2ccc(N(c3ccc(N(c4ccc(N(c5ccccc5)c5ccc6ccccc6c5)cc4)c4cccc5ccccc45)cc3)c3cccc4ccccc34)cc2)c2ccc3ccccc3c2)cc1. The molecule has 0 fully saturated rings. The predicted octanol–water partition coefficient (Wildman–Crippen LogP) is 20.2. The van der Waals surface area contributed by atoms with Gasteiger partial charge < -0.3 is 19.6 Å². The minimum atomic E-state index is 1.05. The van der Waals surface area contributed by atoms with Crippen LogP contribution in [0, 0.1) is 0 Å². The Kier molecular flexibility index (Phi) is 11.5. The van der Waals surface area contributed by atoms with Gasteiger partial charge in [-0.1, -0.05) is 170 Å². The van der Waals surface area contributed by atoms with Crippen molar-refractivity contribution in [2.75, 3.05) is 19.6 Å². The molecule has 0 bridgehead atoms. The number of fused-ring (bicyclic) bond motifs is 4. The van der Waals surface area contributed by atoms with Crippen molar-refractivity contribution in [3.63, 3.8) is 0 Å². The van der Waals surface area contributed by atoms with E-state index in [1.807, 2.05) is 0 Å². The van der Waals surface area contributed by atoms with Gasteiger partial charge in [-0.15, -0.1) is 0 Å². The summed E-state index contributed by atoms with van der Waals surface area (Å²) in [5.41, 5.74) is 13.0. The second-order valence-corrected chi connectivity index (χ2v) is 18.6. The lowest BCUT2D eigenvalue weighted by Gasteiger charge is -2.31. The molecule has 0 spiro atoms. The fourth-order valence-corrected chi connectivity index (χ4v) is 10.6. The van der Waals surface area contributed by atoms with E-state index in [9.17, 15) is 0 Å². The Morgan fingerprint density at radius 2 is 0.405 bits per heavy atom. The van der Waals surface area contributed by atoms with Gasteiger partial charge in [0, 0.05) is 67.6 Å². The first-order chi connectivity index (χ1) is 36.7. The summed E-state index contributed by atoms with van der Waals surface area (Å²) in [4.78, 5) is 9.45. The summed E-state index contributed by atoms with van der Waals surface area (Å²) in [6.07, 6.45) is 0. The molecule has 0 aliphatic carbocycles. The molecule has 0 aromatic heterocycles. The summed E-state index contributed by atoms with van der Waals surface area (Å²) in [6, 6.07) is 109. The third kappa shape index (κ3) is 8.40. The highest BCUT2D eigenvalue weighted by Gasteiger charge is 2.21.